The van der Waals surface area contributed by atoms with Gasteiger partial charge in [0.15, 0.2) is 17.8 Å². The highest BCUT2D eigenvalue weighted by Crippen LogP contribution is 2.27. The molecule has 2 rings (SSSR count). The van der Waals surface area contributed by atoms with Gasteiger partial charge in [-0.25, -0.2) is 9.67 Å². The van der Waals surface area contributed by atoms with Crippen LogP contribution in [0.1, 0.15) is 16.1 Å². The molecule has 0 spiro atoms. The van der Waals surface area contributed by atoms with E-state index in [2.05, 4.69) is 10.1 Å². The summed E-state index contributed by atoms with van der Waals surface area (Å²) < 4.78 is 37.9. The first-order valence-corrected chi connectivity index (χ1v) is 4.56. The van der Waals surface area contributed by atoms with Crippen LogP contribution in [0.5, 0.6) is 0 Å². The molecule has 2 aromatic heterocycles. The zero-order valence-electron chi connectivity index (χ0n) is 8.35. The average molecular weight is 241 g/mol. The lowest BCUT2D eigenvalue weighted by Crippen LogP contribution is -2.08. The average Bonchev–Trinajstić information content (AvgIpc) is 2.77. The minimum Gasteiger partial charge on any atom is -0.298 e. The zero-order chi connectivity index (χ0) is 12.5. The Morgan fingerprint density at radius 1 is 1.29 bits per heavy atom. The smallest absolute Gasteiger partial charge is 0.298 e. The van der Waals surface area contributed by atoms with Crippen molar-refractivity contribution in [3.63, 3.8) is 0 Å². The van der Waals surface area contributed by atoms with Gasteiger partial charge in [-0.3, -0.25) is 4.79 Å². The Hall–Kier alpha value is -2.18. The van der Waals surface area contributed by atoms with Crippen LogP contribution in [-0.4, -0.2) is 21.1 Å². The number of carbonyl (C=O) groups is 1. The van der Waals surface area contributed by atoms with Gasteiger partial charge < -0.3 is 0 Å². The minimum absolute atomic E-state index is 0.0676. The summed E-state index contributed by atoms with van der Waals surface area (Å²) in [7, 11) is 0. The number of hydrogen-bond donors (Lipinski definition) is 0. The second kappa shape index (κ2) is 4.00. The molecule has 0 amide bonds. The molecule has 0 fully saturated rings. The number of nitrogens with zero attached hydrogens (tertiary/aromatic N) is 3. The van der Waals surface area contributed by atoms with Gasteiger partial charge in [-0.1, -0.05) is 0 Å². The molecular weight excluding hydrogens is 235 g/mol. The monoisotopic (exact) mass is 241 g/mol. The van der Waals surface area contributed by atoms with E-state index in [1.54, 1.807) is 0 Å². The maximum Gasteiger partial charge on any atom is 0.435 e. The molecular formula is C10H6F3N3O. The fourth-order valence-corrected chi connectivity index (χ4v) is 1.29. The molecule has 17 heavy (non-hydrogen) atoms. The summed E-state index contributed by atoms with van der Waals surface area (Å²) in [6.07, 6.45) is -1.52. The summed E-state index contributed by atoms with van der Waals surface area (Å²) in [5.41, 5.74) is -0.857. The molecule has 0 N–H and O–H groups in total. The summed E-state index contributed by atoms with van der Waals surface area (Å²) >= 11 is 0. The Morgan fingerprint density at radius 2 is 2.06 bits per heavy atom. The standard InChI is InChI=1S/C10H6F3N3O/c11-10(12,13)8-3-5-16(15-8)9-7(6-17)2-1-4-14-9/h1-6H. The molecule has 4 nitrogen and oxygen atoms in total. The number of carbonyl (C=O) groups excluding carboxylic acids is 1. The molecule has 0 aliphatic rings. The number of aromatic nitrogens is 3. The first-order valence-electron chi connectivity index (χ1n) is 4.56. The molecule has 0 aliphatic heterocycles. The van der Waals surface area contributed by atoms with Gasteiger partial charge in [0, 0.05) is 12.4 Å². The third kappa shape index (κ3) is 2.17. The van der Waals surface area contributed by atoms with Crippen molar-refractivity contribution >= 4 is 6.29 Å². The van der Waals surface area contributed by atoms with E-state index in [9.17, 15) is 18.0 Å². The van der Waals surface area contributed by atoms with E-state index in [1.165, 1.54) is 18.3 Å². The highest BCUT2D eigenvalue weighted by atomic mass is 19.4. The molecule has 0 atom stereocenters. The van der Waals surface area contributed by atoms with Crippen LogP contribution in [0.3, 0.4) is 0 Å². The van der Waals surface area contributed by atoms with Crippen molar-refractivity contribution in [2.45, 2.75) is 6.18 Å². The largest absolute Gasteiger partial charge is 0.435 e. The molecule has 0 bridgehead atoms. The number of rotatable bonds is 2. The second-order valence-electron chi connectivity index (χ2n) is 3.18. The van der Waals surface area contributed by atoms with Gasteiger partial charge in [-0.15, -0.1) is 0 Å². The molecule has 2 heterocycles. The number of aldehydes is 1. The lowest BCUT2D eigenvalue weighted by Gasteiger charge is -2.03. The predicted octanol–water partition coefficient (Wildman–Crippen LogP) is 2.10. The second-order valence-corrected chi connectivity index (χ2v) is 3.18. The quantitative estimate of drug-likeness (QED) is 0.756. The van der Waals surface area contributed by atoms with Gasteiger partial charge in [-0.05, 0) is 18.2 Å². The maximum absolute atomic E-state index is 12.3. The SMILES string of the molecule is O=Cc1cccnc1-n1ccc(C(F)(F)F)n1. The summed E-state index contributed by atoms with van der Waals surface area (Å²) in [6.45, 7) is 0. The van der Waals surface area contributed by atoms with Gasteiger partial charge in [0.2, 0.25) is 0 Å². The van der Waals surface area contributed by atoms with Crippen molar-refractivity contribution in [3.8, 4) is 5.82 Å². The van der Waals surface area contributed by atoms with Crippen molar-refractivity contribution in [3.05, 3.63) is 41.9 Å². The third-order valence-electron chi connectivity index (χ3n) is 2.04. The fourth-order valence-electron chi connectivity index (χ4n) is 1.29. The van der Waals surface area contributed by atoms with Crippen molar-refractivity contribution in [2.75, 3.05) is 0 Å². The lowest BCUT2D eigenvalue weighted by molar-refractivity contribution is -0.141. The van der Waals surface area contributed by atoms with Crippen LogP contribution in [0.15, 0.2) is 30.6 Å². The van der Waals surface area contributed by atoms with Crippen molar-refractivity contribution in [1.82, 2.24) is 14.8 Å². The van der Waals surface area contributed by atoms with Gasteiger partial charge in [0.1, 0.15) is 0 Å². The summed E-state index contributed by atoms with van der Waals surface area (Å²) in [5, 5.41) is 3.33. The Morgan fingerprint density at radius 3 is 2.65 bits per heavy atom. The number of hydrogen-bond acceptors (Lipinski definition) is 3. The highest BCUT2D eigenvalue weighted by molar-refractivity contribution is 5.79. The van der Waals surface area contributed by atoms with Crippen LogP contribution in [0.4, 0.5) is 13.2 Å². The molecule has 88 valence electrons. The van der Waals surface area contributed by atoms with Crippen LogP contribution < -0.4 is 0 Å². The predicted molar refractivity (Wildman–Crippen MR) is 51.7 cm³/mol. The molecule has 0 saturated heterocycles. The van der Waals surface area contributed by atoms with Crippen LogP contribution in [0, 0.1) is 0 Å². The molecule has 0 aliphatic carbocycles. The molecule has 2 aromatic rings. The molecule has 7 heteroatoms. The van der Waals surface area contributed by atoms with Gasteiger partial charge in [-0.2, -0.15) is 18.3 Å². The van der Waals surface area contributed by atoms with Crippen molar-refractivity contribution in [2.24, 2.45) is 0 Å². The maximum atomic E-state index is 12.3. The molecule has 0 unspecified atom stereocenters. The normalized spacial score (nSPS) is 11.5. The van der Waals surface area contributed by atoms with Crippen LogP contribution in [0.2, 0.25) is 0 Å². The molecule has 0 aromatic carbocycles. The zero-order valence-corrected chi connectivity index (χ0v) is 8.35. The Kier molecular flexibility index (Phi) is 2.66. The van der Waals surface area contributed by atoms with Gasteiger partial charge >= 0.3 is 6.18 Å². The van der Waals surface area contributed by atoms with Gasteiger partial charge in [0.25, 0.3) is 0 Å². The third-order valence-corrected chi connectivity index (χ3v) is 2.04. The summed E-state index contributed by atoms with van der Waals surface area (Å²) in [5.74, 6) is 0.0676. The van der Waals surface area contributed by atoms with E-state index < -0.39 is 11.9 Å². The fraction of sp³-hybridized carbons (Fsp3) is 0.100. The van der Waals surface area contributed by atoms with E-state index >= 15 is 0 Å². The first kappa shape index (κ1) is 11.3. The van der Waals surface area contributed by atoms with E-state index in [1.807, 2.05) is 0 Å². The Labute approximate surface area is 93.7 Å². The first-order chi connectivity index (χ1) is 8.02. The molecule has 0 saturated carbocycles. The summed E-state index contributed by atoms with van der Waals surface area (Å²) in [4.78, 5) is 14.5. The number of pyridine rings is 1. The van der Waals surface area contributed by atoms with Gasteiger partial charge in [0.05, 0.1) is 5.56 Å². The topological polar surface area (TPSA) is 47.8 Å². The van der Waals surface area contributed by atoms with Crippen LogP contribution in [0.25, 0.3) is 5.82 Å². The van der Waals surface area contributed by atoms with Crippen molar-refractivity contribution < 1.29 is 18.0 Å². The van der Waals surface area contributed by atoms with Crippen molar-refractivity contribution in [1.29, 1.82) is 0 Å². The van der Waals surface area contributed by atoms with Crippen LogP contribution >= 0.6 is 0 Å². The summed E-state index contributed by atoms with van der Waals surface area (Å²) in [6, 6.07) is 3.79. The van der Waals surface area contributed by atoms with Crippen LogP contribution in [-0.2, 0) is 6.18 Å². The Balaban J connectivity index is 2.47. The van der Waals surface area contributed by atoms with E-state index in [4.69, 9.17) is 0 Å². The Bertz CT molecular complexity index is 548. The lowest BCUT2D eigenvalue weighted by atomic mass is 10.3. The number of halogens is 3. The molecule has 0 radical (unpaired) electrons. The van der Waals surface area contributed by atoms with E-state index in [0.29, 0.717) is 6.29 Å². The number of alkyl halides is 3. The van der Waals surface area contributed by atoms with E-state index in [-0.39, 0.29) is 11.4 Å². The highest BCUT2D eigenvalue weighted by Gasteiger charge is 2.33. The van der Waals surface area contributed by atoms with E-state index in [0.717, 1.165) is 16.9 Å². The minimum atomic E-state index is -4.51.